The SMILES string of the molecule is CNC(=O)CN1CCC(c2cc(C)c(Nc3ncc(Cl)c(Nc4cc(C)[nH]n4)n3)cc2Cl)CC1. The van der Waals surface area contributed by atoms with Gasteiger partial charge in [-0.1, -0.05) is 29.3 Å². The summed E-state index contributed by atoms with van der Waals surface area (Å²) in [5, 5.41) is 17.1. The van der Waals surface area contributed by atoms with Crippen molar-refractivity contribution in [3.8, 4) is 0 Å². The predicted octanol–water partition coefficient (Wildman–Crippen LogP) is 4.54. The first kappa shape index (κ1) is 24.3. The fraction of sp³-hybridized carbons (Fsp3) is 0.391. The van der Waals surface area contributed by atoms with E-state index in [0.717, 1.165) is 48.4 Å². The highest BCUT2D eigenvalue weighted by Gasteiger charge is 2.24. The molecule has 180 valence electrons. The number of H-pyrrole nitrogens is 1. The van der Waals surface area contributed by atoms with Crippen molar-refractivity contribution in [3.05, 3.63) is 51.3 Å². The number of carbonyl (C=O) groups is 1. The number of hydrogen-bond acceptors (Lipinski definition) is 7. The van der Waals surface area contributed by atoms with Gasteiger partial charge >= 0.3 is 0 Å². The number of hydrogen-bond donors (Lipinski definition) is 4. The van der Waals surface area contributed by atoms with Crippen molar-refractivity contribution >= 4 is 52.4 Å². The van der Waals surface area contributed by atoms with Gasteiger partial charge in [0.1, 0.15) is 5.02 Å². The minimum atomic E-state index is 0.0463. The van der Waals surface area contributed by atoms with Crippen LogP contribution in [0.5, 0.6) is 0 Å². The molecule has 2 aromatic heterocycles. The van der Waals surface area contributed by atoms with Gasteiger partial charge in [0.25, 0.3) is 0 Å². The van der Waals surface area contributed by atoms with Crippen molar-refractivity contribution in [1.82, 2.24) is 30.4 Å². The highest BCUT2D eigenvalue weighted by atomic mass is 35.5. The molecule has 0 bridgehead atoms. The van der Waals surface area contributed by atoms with Gasteiger partial charge in [-0.3, -0.25) is 14.8 Å². The molecule has 3 heterocycles. The molecule has 0 unspecified atom stereocenters. The summed E-state index contributed by atoms with van der Waals surface area (Å²) in [4.78, 5) is 22.6. The summed E-state index contributed by atoms with van der Waals surface area (Å²) in [5.41, 5.74) is 3.93. The van der Waals surface area contributed by atoms with Gasteiger partial charge in [0.15, 0.2) is 11.6 Å². The Morgan fingerprint density at radius 2 is 1.91 bits per heavy atom. The summed E-state index contributed by atoms with van der Waals surface area (Å²) < 4.78 is 0. The standard InChI is InChI=1S/C23H28Cl2N8O/c1-13-8-16(15-4-6-33(7-5-15)12-21(34)26-3)17(24)10-19(13)28-23-27-11-18(25)22(30-23)29-20-9-14(2)31-32-20/h8-11,15H,4-7,12H2,1-3H3,(H,26,34)(H3,27,28,29,30,31,32). The summed E-state index contributed by atoms with van der Waals surface area (Å²) >= 11 is 13.0. The second-order valence-electron chi connectivity index (χ2n) is 8.49. The van der Waals surface area contributed by atoms with Gasteiger partial charge in [0.2, 0.25) is 11.9 Å². The molecule has 34 heavy (non-hydrogen) atoms. The van der Waals surface area contributed by atoms with E-state index in [2.05, 4.69) is 47.1 Å². The third-order valence-electron chi connectivity index (χ3n) is 5.96. The van der Waals surface area contributed by atoms with Crippen molar-refractivity contribution in [1.29, 1.82) is 0 Å². The molecule has 9 nitrogen and oxygen atoms in total. The van der Waals surface area contributed by atoms with E-state index in [-0.39, 0.29) is 5.91 Å². The maximum absolute atomic E-state index is 11.6. The smallest absolute Gasteiger partial charge is 0.233 e. The van der Waals surface area contributed by atoms with Crippen molar-refractivity contribution in [3.63, 3.8) is 0 Å². The first-order chi connectivity index (χ1) is 16.3. The maximum atomic E-state index is 11.6. The molecular formula is C23H28Cl2N8O. The molecule has 1 saturated heterocycles. The van der Waals surface area contributed by atoms with Crippen LogP contribution in [-0.2, 0) is 4.79 Å². The number of anilines is 4. The van der Waals surface area contributed by atoms with E-state index in [1.54, 1.807) is 7.05 Å². The predicted molar refractivity (Wildman–Crippen MR) is 136 cm³/mol. The molecule has 0 atom stereocenters. The number of halogens is 2. The maximum Gasteiger partial charge on any atom is 0.233 e. The average Bonchev–Trinajstić information content (AvgIpc) is 3.23. The second-order valence-corrected chi connectivity index (χ2v) is 9.30. The fourth-order valence-electron chi connectivity index (χ4n) is 4.07. The zero-order valence-electron chi connectivity index (χ0n) is 19.4. The van der Waals surface area contributed by atoms with Gasteiger partial charge in [-0.05, 0) is 62.9 Å². The normalized spacial score (nSPS) is 14.7. The van der Waals surface area contributed by atoms with Crippen LogP contribution in [0.15, 0.2) is 24.4 Å². The Hall–Kier alpha value is -2.88. The van der Waals surface area contributed by atoms with Crippen molar-refractivity contribution in [2.24, 2.45) is 0 Å². The van der Waals surface area contributed by atoms with Gasteiger partial charge < -0.3 is 16.0 Å². The van der Waals surface area contributed by atoms with Gasteiger partial charge in [0, 0.05) is 29.5 Å². The molecule has 3 aromatic rings. The molecule has 1 aliphatic heterocycles. The Morgan fingerprint density at radius 1 is 1.15 bits per heavy atom. The lowest BCUT2D eigenvalue weighted by Crippen LogP contribution is -2.40. The molecule has 4 rings (SSSR count). The lowest BCUT2D eigenvalue weighted by molar-refractivity contribution is -0.122. The van der Waals surface area contributed by atoms with Gasteiger partial charge in [-0.25, -0.2) is 4.98 Å². The van der Waals surface area contributed by atoms with Gasteiger partial charge in [0.05, 0.1) is 12.7 Å². The van der Waals surface area contributed by atoms with Crippen molar-refractivity contribution in [2.45, 2.75) is 32.6 Å². The lowest BCUT2D eigenvalue weighted by atomic mass is 9.88. The molecule has 1 fully saturated rings. The summed E-state index contributed by atoms with van der Waals surface area (Å²) in [7, 11) is 1.67. The quantitative estimate of drug-likeness (QED) is 0.375. The number of amides is 1. The Morgan fingerprint density at radius 3 is 2.59 bits per heavy atom. The second kappa shape index (κ2) is 10.6. The molecule has 1 aromatic carbocycles. The Labute approximate surface area is 208 Å². The molecule has 11 heteroatoms. The summed E-state index contributed by atoms with van der Waals surface area (Å²) in [6, 6.07) is 5.91. The van der Waals surface area contributed by atoms with Crippen LogP contribution in [0, 0.1) is 13.8 Å². The van der Waals surface area contributed by atoms with E-state index in [0.29, 0.717) is 40.1 Å². The number of piperidine rings is 1. The highest BCUT2D eigenvalue weighted by molar-refractivity contribution is 6.33. The topological polar surface area (TPSA) is 111 Å². The number of aromatic nitrogens is 4. The van der Waals surface area contributed by atoms with E-state index in [4.69, 9.17) is 23.2 Å². The van der Waals surface area contributed by atoms with E-state index in [1.165, 1.54) is 6.20 Å². The van der Waals surface area contributed by atoms with E-state index in [1.807, 2.05) is 26.0 Å². The van der Waals surface area contributed by atoms with Crippen molar-refractivity contribution in [2.75, 3.05) is 37.3 Å². The zero-order valence-corrected chi connectivity index (χ0v) is 20.9. The van der Waals surface area contributed by atoms with Crippen LogP contribution in [0.3, 0.4) is 0 Å². The van der Waals surface area contributed by atoms with Crippen LogP contribution in [0.1, 0.15) is 35.6 Å². The first-order valence-electron chi connectivity index (χ1n) is 11.1. The summed E-state index contributed by atoms with van der Waals surface area (Å²) in [6.45, 7) is 6.13. The Kier molecular flexibility index (Phi) is 7.55. The third kappa shape index (κ3) is 5.78. The number of benzene rings is 1. The number of likely N-dealkylation sites (tertiary alicyclic amines) is 1. The Bertz CT molecular complexity index is 1170. The minimum absolute atomic E-state index is 0.0463. The van der Waals surface area contributed by atoms with Crippen LogP contribution >= 0.6 is 23.2 Å². The highest BCUT2D eigenvalue weighted by Crippen LogP contribution is 2.36. The Balaban J connectivity index is 1.45. The van der Waals surface area contributed by atoms with Crippen LogP contribution in [0.2, 0.25) is 10.0 Å². The van der Waals surface area contributed by atoms with Gasteiger partial charge in [-0.15, -0.1) is 0 Å². The zero-order chi connectivity index (χ0) is 24.2. The molecule has 0 aliphatic carbocycles. The molecule has 4 N–H and O–H groups in total. The average molecular weight is 503 g/mol. The first-order valence-corrected chi connectivity index (χ1v) is 11.9. The van der Waals surface area contributed by atoms with Crippen LogP contribution in [-0.4, -0.2) is 57.7 Å². The van der Waals surface area contributed by atoms with Crippen LogP contribution < -0.4 is 16.0 Å². The number of nitrogens with one attached hydrogen (secondary N) is 4. The lowest BCUT2D eigenvalue weighted by Gasteiger charge is -2.32. The minimum Gasteiger partial charge on any atom is -0.358 e. The van der Waals surface area contributed by atoms with E-state index in [9.17, 15) is 4.79 Å². The van der Waals surface area contributed by atoms with E-state index >= 15 is 0 Å². The number of carbonyl (C=O) groups excluding carboxylic acids is 1. The molecule has 0 radical (unpaired) electrons. The van der Waals surface area contributed by atoms with E-state index < -0.39 is 0 Å². The number of likely N-dealkylation sites (N-methyl/N-ethyl adjacent to an activating group) is 1. The third-order valence-corrected chi connectivity index (χ3v) is 6.56. The number of nitrogens with zero attached hydrogens (tertiary/aromatic N) is 4. The monoisotopic (exact) mass is 502 g/mol. The van der Waals surface area contributed by atoms with Crippen molar-refractivity contribution < 1.29 is 4.79 Å². The largest absolute Gasteiger partial charge is 0.358 e. The molecule has 1 aliphatic rings. The van der Waals surface area contributed by atoms with Crippen LogP contribution in [0.4, 0.5) is 23.3 Å². The fourth-order valence-corrected chi connectivity index (χ4v) is 4.53. The number of aromatic amines is 1. The molecular weight excluding hydrogens is 475 g/mol. The molecule has 0 spiro atoms. The van der Waals surface area contributed by atoms with Crippen LogP contribution in [0.25, 0.3) is 0 Å². The molecule has 0 saturated carbocycles. The number of aryl methyl sites for hydroxylation is 2. The number of rotatable bonds is 7. The molecule has 1 amide bonds. The van der Waals surface area contributed by atoms with Gasteiger partial charge in [-0.2, -0.15) is 10.1 Å². The summed E-state index contributed by atoms with van der Waals surface area (Å²) in [6.07, 6.45) is 3.46. The summed E-state index contributed by atoms with van der Waals surface area (Å²) in [5.74, 6) is 1.88.